The second kappa shape index (κ2) is 4.56. The molecule has 1 aromatic rings. The van der Waals surface area contributed by atoms with E-state index in [1.54, 1.807) is 0 Å². The molecule has 17 heavy (non-hydrogen) atoms. The summed E-state index contributed by atoms with van der Waals surface area (Å²) in [5, 5.41) is 0.407. The van der Waals surface area contributed by atoms with Gasteiger partial charge < -0.3 is 0 Å². The number of ketones is 1. The van der Waals surface area contributed by atoms with Gasteiger partial charge in [-0.25, -0.2) is 0 Å². The molecular formula is C15H19BrO. The van der Waals surface area contributed by atoms with Crippen molar-refractivity contribution in [3.8, 4) is 0 Å². The summed E-state index contributed by atoms with van der Waals surface area (Å²) in [7, 11) is 0. The van der Waals surface area contributed by atoms with Crippen molar-refractivity contribution in [1.29, 1.82) is 0 Å². The maximum Gasteiger partial charge on any atom is 0.173 e. The predicted molar refractivity (Wildman–Crippen MR) is 75.2 cm³/mol. The molecule has 1 saturated carbocycles. The van der Waals surface area contributed by atoms with Crippen molar-refractivity contribution in [2.75, 3.05) is 5.33 Å². The number of alkyl halides is 1. The van der Waals surface area contributed by atoms with Crippen molar-refractivity contribution < 1.29 is 4.79 Å². The first-order valence-electron chi connectivity index (χ1n) is 6.16. The number of hydrogen-bond acceptors (Lipinski definition) is 1. The fourth-order valence-corrected chi connectivity index (χ4v) is 2.30. The maximum absolute atomic E-state index is 11.8. The summed E-state index contributed by atoms with van der Waals surface area (Å²) in [5.41, 5.74) is 3.58. The van der Waals surface area contributed by atoms with Crippen LogP contribution in [0, 0.1) is 0 Å². The zero-order valence-corrected chi connectivity index (χ0v) is 12.3. The van der Waals surface area contributed by atoms with Crippen LogP contribution in [-0.4, -0.2) is 11.1 Å². The fraction of sp³-hybridized carbons (Fsp3) is 0.533. The van der Waals surface area contributed by atoms with E-state index in [1.807, 2.05) is 0 Å². The number of carbonyl (C=O) groups excluding carboxylic acids is 1. The molecule has 0 spiro atoms. The summed E-state index contributed by atoms with van der Waals surface area (Å²) in [6.45, 7) is 6.59. The van der Waals surface area contributed by atoms with Crippen LogP contribution in [0.5, 0.6) is 0 Å². The summed E-state index contributed by atoms with van der Waals surface area (Å²) in [6.07, 6.45) is 2.55. The topological polar surface area (TPSA) is 17.1 Å². The van der Waals surface area contributed by atoms with Crippen LogP contribution >= 0.6 is 15.9 Å². The number of carbonyl (C=O) groups is 1. The quantitative estimate of drug-likeness (QED) is 0.595. The Morgan fingerprint density at radius 3 is 2.41 bits per heavy atom. The van der Waals surface area contributed by atoms with Crippen LogP contribution in [0.1, 0.15) is 61.0 Å². The van der Waals surface area contributed by atoms with Crippen LogP contribution in [-0.2, 0) is 5.41 Å². The smallest absolute Gasteiger partial charge is 0.173 e. The highest BCUT2D eigenvalue weighted by Gasteiger charge is 2.26. The molecule has 1 fully saturated rings. The normalized spacial score (nSPS) is 16.0. The molecule has 1 aromatic carbocycles. The Labute approximate surface area is 112 Å². The van der Waals surface area contributed by atoms with E-state index in [9.17, 15) is 4.79 Å². The molecule has 0 aliphatic heterocycles. The van der Waals surface area contributed by atoms with Crippen molar-refractivity contribution in [2.45, 2.75) is 44.9 Å². The molecule has 0 amide bonds. The van der Waals surface area contributed by atoms with E-state index >= 15 is 0 Å². The molecule has 0 radical (unpaired) electrons. The van der Waals surface area contributed by atoms with Gasteiger partial charge in [0.05, 0.1) is 5.33 Å². The van der Waals surface area contributed by atoms with Gasteiger partial charge in [0.2, 0.25) is 0 Å². The van der Waals surface area contributed by atoms with Gasteiger partial charge in [-0.1, -0.05) is 42.8 Å². The molecule has 0 aromatic heterocycles. The lowest BCUT2D eigenvalue weighted by Crippen LogP contribution is -2.13. The Balaban J connectivity index is 2.46. The molecule has 1 nitrogen and oxygen atoms in total. The highest BCUT2D eigenvalue weighted by Crippen LogP contribution is 2.41. The monoisotopic (exact) mass is 294 g/mol. The van der Waals surface area contributed by atoms with Crippen molar-refractivity contribution in [1.82, 2.24) is 0 Å². The van der Waals surface area contributed by atoms with E-state index in [2.05, 4.69) is 54.9 Å². The van der Waals surface area contributed by atoms with E-state index in [4.69, 9.17) is 0 Å². The maximum atomic E-state index is 11.8. The highest BCUT2D eigenvalue weighted by atomic mass is 79.9. The summed E-state index contributed by atoms with van der Waals surface area (Å²) in [6, 6.07) is 6.41. The largest absolute Gasteiger partial charge is 0.293 e. The number of benzene rings is 1. The Bertz CT molecular complexity index is 439. The lowest BCUT2D eigenvalue weighted by Gasteiger charge is -2.21. The third-order valence-electron chi connectivity index (χ3n) is 3.31. The molecule has 1 aliphatic carbocycles. The van der Waals surface area contributed by atoms with Gasteiger partial charge in [0.1, 0.15) is 0 Å². The van der Waals surface area contributed by atoms with Crippen molar-refractivity contribution in [3.63, 3.8) is 0 Å². The molecule has 92 valence electrons. The van der Waals surface area contributed by atoms with Crippen LogP contribution in [0.25, 0.3) is 0 Å². The van der Waals surface area contributed by atoms with Crippen molar-refractivity contribution in [3.05, 3.63) is 34.9 Å². The molecule has 0 saturated heterocycles. The lowest BCUT2D eigenvalue weighted by atomic mass is 9.84. The SMILES string of the molecule is CC(C)(C)c1cc(C(=O)CBr)cc(C2CC2)c1. The number of halogens is 1. The molecule has 0 N–H and O–H groups in total. The number of Topliss-reactive ketones (excluding diaryl/α,β-unsaturated/α-hetero) is 1. The minimum Gasteiger partial charge on any atom is -0.293 e. The first-order valence-corrected chi connectivity index (χ1v) is 7.28. The minimum absolute atomic E-state index is 0.103. The summed E-state index contributed by atoms with van der Waals surface area (Å²) >= 11 is 3.25. The van der Waals surface area contributed by atoms with Gasteiger partial charge in [0.15, 0.2) is 5.78 Å². The predicted octanol–water partition coefficient (Wildman–Crippen LogP) is 4.44. The molecule has 1 aliphatic rings. The van der Waals surface area contributed by atoms with Gasteiger partial charge in [-0.3, -0.25) is 4.79 Å². The van der Waals surface area contributed by atoms with Gasteiger partial charge in [-0.2, -0.15) is 0 Å². The summed E-state index contributed by atoms with van der Waals surface area (Å²) in [4.78, 5) is 11.8. The third kappa shape index (κ3) is 2.98. The second-order valence-electron chi connectivity index (χ2n) is 5.92. The lowest BCUT2D eigenvalue weighted by molar-refractivity contribution is 0.102. The minimum atomic E-state index is 0.103. The standard InChI is InChI=1S/C15H19BrO/c1-15(2,3)13-7-11(10-4-5-10)6-12(8-13)14(17)9-16/h6-8,10H,4-5,9H2,1-3H3. The van der Waals surface area contributed by atoms with Gasteiger partial charge in [-0.15, -0.1) is 0 Å². The Kier molecular flexibility index (Phi) is 3.44. The third-order valence-corrected chi connectivity index (χ3v) is 3.82. The molecular weight excluding hydrogens is 276 g/mol. The van der Waals surface area contributed by atoms with Crippen LogP contribution in [0.4, 0.5) is 0 Å². The molecule has 0 unspecified atom stereocenters. The Morgan fingerprint density at radius 1 is 1.29 bits per heavy atom. The number of rotatable bonds is 3. The zero-order valence-electron chi connectivity index (χ0n) is 10.7. The Morgan fingerprint density at radius 2 is 1.94 bits per heavy atom. The summed E-state index contributed by atoms with van der Waals surface area (Å²) < 4.78 is 0. The summed E-state index contributed by atoms with van der Waals surface area (Å²) in [5.74, 6) is 0.872. The van der Waals surface area contributed by atoms with Gasteiger partial charge in [0.25, 0.3) is 0 Å². The van der Waals surface area contributed by atoms with Gasteiger partial charge >= 0.3 is 0 Å². The average Bonchev–Trinajstić information content (AvgIpc) is 3.10. The van der Waals surface area contributed by atoms with Crippen LogP contribution < -0.4 is 0 Å². The zero-order chi connectivity index (χ0) is 12.6. The van der Waals surface area contributed by atoms with Crippen molar-refractivity contribution in [2.24, 2.45) is 0 Å². The molecule has 2 rings (SSSR count). The Hall–Kier alpha value is -0.630. The van der Waals surface area contributed by atoms with Crippen LogP contribution in [0.3, 0.4) is 0 Å². The van der Waals surface area contributed by atoms with Crippen LogP contribution in [0.15, 0.2) is 18.2 Å². The molecule has 0 atom stereocenters. The van der Waals surface area contributed by atoms with E-state index in [0.29, 0.717) is 11.2 Å². The van der Waals surface area contributed by atoms with Crippen LogP contribution in [0.2, 0.25) is 0 Å². The van der Waals surface area contributed by atoms with Gasteiger partial charge in [0, 0.05) is 5.56 Å². The van der Waals surface area contributed by atoms with E-state index < -0.39 is 0 Å². The number of hydrogen-bond donors (Lipinski definition) is 0. The molecule has 0 heterocycles. The molecule has 2 heteroatoms. The fourth-order valence-electron chi connectivity index (χ4n) is 1.98. The average molecular weight is 295 g/mol. The first-order chi connectivity index (χ1) is 7.91. The first kappa shape index (κ1) is 12.8. The van der Waals surface area contributed by atoms with E-state index in [-0.39, 0.29) is 11.2 Å². The second-order valence-corrected chi connectivity index (χ2v) is 6.49. The highest BCUT2D eigenvalue weighted by molar-refractivity contribution is 9.09. The molecule has 0 bridgehead atoms. The van der Waals surface area contributed by atoms with E-state index in [0.717, 1.165) is 5.56 Å². The van der Waals surface area contributed by atoms with Gasteiger partial charge in [-0.05, 0) is 47.4 Å². The van der Waals surface area contributed by atoms with E-state index in [1.165, 1.54) is 24.0 Å². The van der Waals surface area contributed by atoms with Crippen molar-refractivity contribution >= 4 is 21.7 Å².